The van der Waals surface area contributed by atoms with Crippen molar-refractivity contribution in [1.29, 1.82) is 0 Å². The number of nitrogens with one attached hydrogen (secondary N) is 1. The molecule has 0 amide bonds. The molecule has 0 radical (unpaired) electrons. The molecule has 21 heavy (non-hydrogen) atoms. The van der Waals surface area contributed by atoms with Crippen molar-refractivity contribution in [3.8, 4) is 0 Å². The molecule has 0 saturated carbocycles. The zero-order chi connectivity index (χ0) is 15.6. The van der Waals surface area contributed by atoms with Crippen LogP contribution in [0.4, 0.5) is 13.2 Å². The second kappa shape index (κ2) is 6.81. The van der Waals surface area contributed by atoms with E-state index in [0.717, 1.165) is 6.07 Å². The van der Waals surface area contributed by atoms with E-state index in [-0.39, 0.29) is 16.9 Å². The van der Waals surface area contributed by atoms with Crippen molar-refractivity contribution in [2.24, 2.45) is 0 Å². The summed E-state index contributed by atoms with van der Waals surface area (Å²) >= 11 is 8.90. The summed E-state index contributed by atoms with van der Waals surface area (Å²) in [5.74, 6) is -2.29. The van der Waals surface area contributed by atoms with Crippen molar-refractivity contribution in [2.75, 3.05) is 7.05 Å². The second-order valence-electron chi connectivity index (χ2n) is 4.55. The Hall–Kier alpha value is -1.04. The third-order valence-electron chi connectivity index (χ3n) is 3.22. The summed E-state index contributed by atoms with van der Waals surface area (Å²) in [5.41, 5.74) is 0.911. The Morgan fingerprint density at radius 1 is 1.14 bits per heavy atom. The van der Waals surface area contributed by atoms with Crippen LogP contribution in [0.25, 0.3) is 0 Å². The summed E-state index contributed by atoms with van der Waals surface area (Å²) in [6, 6.07) is 6.39. The SMILES string of the molecule is CNC(Cc1cc(Cl)ccc1F)c1ccc(F)c(F)c1Br. The van der Waals surface area contributed by atoms with Crippen molar-refractivity contribution in [3.63, 3.8) is 0 Å². The lowest BCUT2D eigenvalue weighted by Gasteiger charge is -2.19. The molecule has 0 aromatic heterocycles. The van der Waals surface area contributed by atoms with Crippen molar-refractivity contribution in [3.05, 3.63) is 68.4 Å². The van der Waals surface area contributed by atoms with Gasteiger partial charge in [0.1, 0.15) is 5.82 Å². The van der Waals surface area contributed by atoms with Gasteiger partial charge in [0, 0.05) is 11.1 Å². The van der Waals surface area contributed by atoms with Crippen molar-refractivity contribution >= 4 is 27.5 Å². The van der Waals surface area contributed by atoms with E-state index in [1.165, 1.54) is 24.3 Å². The maximum absolute atomic E-state index is 13.8. The molecule has 1 nitrogen and oxygen atoms in total. The van der Waals surface area contributed by atoms with Gasteiger partial charge >= 0.3 is 0 Å². The smallest absolute Gasteiger partial charge is 0.173 e. The third kappa shape index (κ3) is 3.59. The van der Waals surface area contributed by atoms with Gasteiger partial charge in [-0.3, -0.25) is 0 Å². The molecule has 112 valence electrons. The van der Waals surface area contributed by atoms with E-state index in [4.69, 9.17) is 11.6 Å². The van der Waals surface area contributed by atoms with Gasteiger partial charge in [-0.15, -0.1) is 0 Å². The molecule has 1 unspecified atom stereocenters. The molecule has 1 atom stereocenters. The van der Waals surface area contributed by atoms with Crippen LogP contribution in [0.5, 0.6) is 0 Å². The highest BCUT2D eigenvalue weighted by Crippen LogP contribution is 2.30. The molecule has 2 rings (SSSR count). The molecule has 6 heteroatoms. The average molecular weight is 379 g/mol. The van der Waals surface area contributed by atoms with Crippen LogP contribution in [0, 0.1) is 17.5 Å². The maximum Gasteiger partial charge on any atom is 0.173 e. The van der Waals surface area contributed by atoms with Gasteiger partial charge in [0.25, 0.3) is 0 Å². The van der Waals surface area contributed by atoms with Crippen LogP contribution in [0.2, 0.25) is 5.02 Å². The van der Waals surface area contributed by atoms with E-state index in [1.54, 1.807) is 7.05 Å². The van der Waals surface area contributed by atoms with Crippen LogP contribution < -0.4 is 5.32 Å². The van der Waals surface area contributed by atoms with Gasteiger partial charge in [-0.05, 0) is 64.8 Å². The number of halogens is 5. The fourth-order valence-electron chi connectivity index (χ4n) is 2.10. The normalized spacial score (nSPS) is 12.5. The summed E-state index contributed by atoms with van der Waals surface area (Å²) in [6.07, 6.45) is 0.257. The predicted octanol–water partition coefficient (Wildman–Crippen LogP) is 5.02. The first-order valence-electron chi connectivity index (χ1n) is 6.18. The van der Waals surface area contributed by atoms with Crippen LogP contribution in [0.1, 0.15) is 17.2 Å². The van der Waals surface area contributed by atoms with Crippen LogP contribution in [0.15, 0.2) is 34.8 Å². The van der Waals surface area contributed by atoms with Gasteiger partial charge < -0.3 is 5.32 Å². The molecule has 1 N–H and O–H groups in total. The Morgan fingerprint density at radius 2 is 1.81 bits per heavy atom. The molecule has 0 spiro atoms. The van der Waals surface area contributed by atoms with Gasteiger partial charge in [-0.1, -0.05) is 17.7 Å². The van der Waals surface area contributed by atoms with Crippen LogP contribution in [0.3, 0.4) is 0 Å². The molecule has 0 bridgehead atoms. The highest BCUT2D eigenvalue weighted by atomic mass is 79.9. The van der Waals surface area contributed by atoms with Gasteiger partial charge in [0.05, 0.1) is 4.47 Å². The zero-order valence-electron chi connectivity index (χ0n) is 11.1. The minimum absolute atomic E-state index is 0.0317. The number of likely N-dealkylation sites (N-methyl/N-ethyl adjacent to an activating group) is 1. The largest absolute Gasteiger partial charge is 0.313 e. The fourth-order valence-corrected chi connectivity index (χ4v) is 2.89. The quantitative estimate of drug-likeness (QED) is 0.736. The Labute approximate surface area is 134 Å². The molecular weight excluding hydrogens is 367 g/mol. The Morgan fingerprint density at radius 3 is 2.48 bits per heavy atom. The van der Waals surface area contributed by atoms with Crippen molar-refractivity contribution in [2.45, 2.75) is 12.5 Å². The lowest BCUT2D eigenvalue weighted by Crippen LogP contribution is -2.20. The topological polar surface area (TPSA) is 12.0 Å². The third-order valence-corrected chi connectivity index (χ3v) is 4.26. The van der Waals surface area contributed by atoms with Crippen LogP contribution in [-0.4, -0.2) is 7.05 Å². The van der Waals surface area contributed by atoms with Crippen molar-refractivity contribution < 1.29 is 13.2 Å². The lowest BCUT2D eigenvalue weighted by molar-refractivity contribution is 0.493. The van der Waals surface area contributed by atoms with Crippen LogP contribution in [-0.2, 0) is 6.42 Å². The zero-order valence-corrected chi connectivity index (χ0v) is 13.4. The van der Waals surface area contributed by atoms with E-state index in [9.17, 15) is 13.2 Å². The Kier molecular flexibility index (Phi) is 5.30. The summed E-state index contributed by atoms with van der Waals surface area (Å²) in [7, 11) is 1.67. The Balaban J connectivity index is 2.37. The molecular formula is C15H12BrClF3N. The highest BCUT2D eigenvalue weighted by Gasteiger charge is 2.19. The second-order valence-corrected chi connectivity index (χ2v) is 5.78. The first-order chi connectivity index (χ1) is 9.93. The Bertz CT molecular complexity index is 664. The molecule has 0 saturated heterocycles. The molecule has 2 aromatic carbocycles. The summed E-state index contributed by atoms with van der Waals surface area (Å²) in [6.45, 7) is 0. The standard InChI is InChI=1S/C15H12BrClF3N/c1-21-13(7-8-6-9(17)2-4-11(8)18)10-3-5-12(19)15(20)14(10)16/h2-6,13,21H,7H2,1H3. The van der Waals surface area contributed by atoms with E-state index in [1.807, 2.05) is 0 Å². The summed E-state index contributed by atoms with van der Waals surface area (Å²) in [5, 5.41) is 3.39. The lowest BCUT2D eigenvalue weighted by atomic mass is 9.98. The number of benzene rings is 2. The van der Waals surface area contributed by atoms with E-state index in [0.29, 0.717) is 16.1 Å². The van der Waals surface area contributed by atoms with Crippen molar-refractivity contribution in [1.82, 2.24) is 5.32 Å². The van der Waals surface area contributed by atoms with Gasteiger partial charge in [-0.25, -0.2) is 13.2 Å². The highest BCUT2D eigenvalue weighted by molar-refractivity contribution is 9.10. The minimum Gasteiger partial charge on any atom is -0.313 e. The fraction of sp³-hybridized carbons (Fsp3) is 0.200. The first kappa shape index (κ1) is 16.3. The van der Waals surface area contributed by atoms with Gasteiger partial charge in [0.2, 0.25) is 0 Å². The molecule has 0 fully saturated rings. The van der Waals surface area contributed by atoms with E-state index < -0.39 is 17.5 Å². The monoisotopic (exact) mass is 377 g/mol. The van der Waals surface area contributed by atoms with E-state index in [2.05, 4.69) is 21.2 Å². The maximum atomic E-state index is 13.8. The van der Waals surface area contributed by atoms with E-state index >= 15 is 0 Å². The van der Waals surface area contributed by atoms with Gasteiger partial charge in [0.15, 0.2) is 11.6 Å². The summed E-state index contributed by atoms with van der Waals surface area (Å²) < 4.78 is 40.6. The van der Waals surface area contributed by atoms with Gasteiger partial charge in [-0.2, -0.15) is 0 Å². The molecule has 0 aliphatic rings. The average Bonchev–Trinajstić information content (AvgIpc) is 2.46. The number of rotatable bonds is 4. The molecule has 2 aromatic rings. The predicted molar refractivity (Wildman–Crippen MR) is 81.0 cm³/mol. The molecule has 0 aliphatic heterocycles. The number of hydrogen-bond acceptors (Lipinski definition) is 1. The first-order valence-corrected chi connectivity index (χ1v) is 7.35. The minimum atomic E-state index is -0.959. The van der Waals surface area contributed by atoms with Crippen LogP contribution >= 0.6 is 27.5 Å². The molecule has 0 heterocycles. The summed E-state index contributed by atoms with van der Waals surface area (Å²) in [4.78, 5) is 0. The number of hydrogen-bond donors (Lipinski definition) is 1. The molecule has 0 aliphatic carbocycles.